The smallest absolute Gasteiger partial charge is 0.251 e. The molecule has 2 aromatic rings. The van der Waals surface area contributed by atoms with Crippen molar-refractivity contribution >= 4 is 5.91 Å². The highest BCUT2D eigenvalue weighted by molar-refractivity contribution is 5.95. The van der Waals surface area contributed by atoms with Crippen LogP contribution in [0.4, 0.5) is 0 Å². The van der Waals surface area contributed by atoms with E-state index in [2.05, 4.69) is 36.2 Å². The van der Waals surface area contributed by atoms with Crippen LogP contribution in [-0.4, -0.2) is 28.1 Å². The van der Waals surface area contributed by atoms with Gasteiger partial charge in [0.1, 0.15) is 0 Å². The number of rotatable bonds is 5. The Bertz CT molecular complexity index is 714. The van der Waals surface area contributed by atoms with Crippen LogP contribution in [-0.2, 0) is 6.42 Å². The standard InChI is InChI=1S/C18H26N4O2/c1-17(2,3)10-14-20-15(22-24-14)12-7-6-8-13(9-12)16(23)21-18(4,5)11-19/h6-9H,10-11,19H2,1-5H3,(H,21,23). The maximum Gasteiger partial charge on any atom is 0.251 e. The number of aromatic nitrogens is 2. The number of nitrogens with zero attached hydrogens (tertiary/aromatic N) is 2. The lowest BCUT2D eigenvalue weighted by atomic mass is 9.92. The molecular formula is C18H26N4O2. The molecule has 1 aromatic heterocycles. The minimum absolute atomic E-state index is 0.0688. The second-order valence-electron chi connectivity index (χ2n) is 7.87. The van der Waals surface area contributed by atoms with Crippen LogP contribution in [0.5, 0.6) is 0 Å². The summed E-state index contributed by atoms with van der Waals surface area (Å²) in [6.07, 6.45) is 0.699. The van der Waals surface area contributed by atoms with Crippen LogP contribution in [0.25, 0.3) is 11.4 Å². The Hall–Kier alpha value is -2.21. The Morgan fingerprint density at radius 1 is 1.25 bits per heavy atom. The van der Waals surface area contributed by atoms with E-state index in [0.717, 1.165) is 5.56 Å². The number of carbonyl (C=O) groups excluding carboxylic acids is 1. The molecule has 0 atom stereocenters. The Morgan fingerprint density at radius 3 is 2.58 bits per heavy atom. The predicted molar refractivity (Wildman–Crippen MR) is 93.5 cm³/mol. The Morgan fingerprint density at radius 2 is 1.96 bits per heavy atom. The van der Waals surface area contributed by atoms with Crippen molar-refractivity contribution in [3.63, 3.8) is 0 Å². The number of nitrogens with one attached hydrogen (secondary N) is 1. The molecule has 0 aliphatic carbocycles. The molecule has 0 saturated carbocycles. The van der Waals surface area contributed by atoms with Gasteiger partial charge in [-0.1, -0.05) is 38.1 Å². The van der Waals surface area contributed by atoms with E-state index in [1.165, 1.54) is 0 Å². The summed E-state index contributed by atoms with van der Waals surface area (Å²) in [6.45, 7) is 10.5. The van der Waals surface area contributed by atoms with Gasteiger partial charge in [-0.05, 0) is 31.4 Å². The third-order valence-corrected chi connectivity index (χ3v) is 3.49. The fourth-order valence-corrected chi connectivity index (χ4v) is 2.13. The van der Waals surface area contributed by atoms with Gasteiger partial charge in [-0.15, -0.1) is 0 Å². The fourth-order valence-electron chi connectivity index (χ4n) is 2.13. The molecule has 0 bridgehead atoms. The summed E-state index contributed by atoms with van der Waals surface area (Å²) < 4.78 is 5.32. The van der Waals surface area contributed by atoms with E-state index in [1.807, 2.05) is 19.9 Å². The molecule has 24 heavy (non-hydrogen) atoms. The number of carbonyl (C=O) groups is 1. The first-order valence-corrected chi connectivity index (χ1v) is 8.05. The quantitative estimate of drug-likeness (QED) is 0.879. The molecule has 0 spiro atoms. The van der Waals surface area contributed by atoms with Crippen molar-refractivity contribution in [1.29, 1.82) is 0 Å². The fraction of sp³-hybridized carbons (Fsp3) is 0.500. The highest BCUT2D eigenvalue weighted by Gasteiger charge is 2.20. The minimum Gasteiger partial charge on any atom is -0.346 e. The van der Waals surface area contributed by atoms with Gasteiger partial charge in [0.05, 0.1) is 0 Å². The van der Waals surface area contributed by atoms with Crippen molar-refractivity contribution in [3.8, 4) is 11.4 Å². The zero-order valence-corrected chi connectivity index (χ0v) is 15.0. The lowest BCUT2D eigenvalue weighted by Crippen LogP contribution is -2.48. The van der Waals surface area contributed by atoms with E-state index in [1.54, 1.807) is 18.2 Å². The molecule has 130 valence electrons. The molecule has 6 heteroatoms. The number of benzene rings is 1. The summed E-state index contributed by atoms with van der Waals surface area (Å²) in [5.41, 5.74) is 6.55. The van der Waals surface area contributed by atoms with Gasteiger partial charge in [0.25, 0.3) is 5.91 Å². The minimum atomic E-state index is -0.459. The zero-order valence-electron chi connectivity index (χ0n) is 15.0. The van der Waals surface area contributed by atoms with Crippen LogP contribution < -0.4 is 11.1 Å². The second kappa shape index (κ2) is 6.73. The number of hydrogen-bond donors (Lipinski definition) is 2. The number of amides is 1. The summed E-state index contributed by atoms with van der Waals surface area (Å²) in [7, 11) is 0. The average molecular weight is 330 g/mol. The van der Waals surface area contributed by atoms with Gasteiger partial charge in [-0.3, -0.25) is 4.79 Å². The summed E-state index contributed by atoms with van der Waals surface area (Å²) in [5, 5.41) is 6.93. The van der Waals surface area contributed by atoms with E-state index in [4.69, 9.17) is 10.3 Å². The Kier molecular flexibility index (Phi) is 5.08. The van der Waals surface area contributed by atoms with Crippen molar-refractivity contribution in [2.45, 2.75) is 46.6 Å². The Labute approximate surface area is 142 Å². The molecule has 0 unspecified atom stereocenters. The maximum atomic E-state index is 12.4. The molecule has 0 radical (unpaired) electrons. The Balaban J connectivity index is 2.20. The molecule has 0 fully saturated rings. The van der Waals surface area contributed by atoms with Crippen LogP contribution >= 0.6 is 0 Å². The van der Waals surface area contributed by atoms with Crippen LogP contribution in [0.2, 0.25) is 0 Å². The van der Waals surface area contributed by atoms with Gasteiger partial charge < -0.3 is 15.6 Å². The van der Waals surface area contributed by atoms with E-state index in [9.17, 15) is 4.79 Å². The van der Waals surface area contributed by atoms with Gasteiger partial charge in [0.15, 0.2) is 0 Å². The topological polar surface area (TPSA) is 94.0 Å². The van der Waals surface area contributed by atoms with Crippen molar-refractivity contribution in [2.24, 2.45) is 11.1 Å². The van der Waals surface area contributed by atoms with Crippen molar-refractivity contribution in [3.05, 3.63) is 35.7 Å². The third kappa shape index (κ3) is 4.89. The largest absolute Gasteiger partial charge is 0.346 e. The van der Waals surface area contributed by atoms with Crippen molar-refractivity contribution < 1.29 is 9.32 Å². The highest BCUT2D eigenvalue weighted by Crippen LogP contribution is 2.22. The second-order valence-corrected chi connectivity index (χ2v) is 7.87. The number of nitrogens with two attached hydrogens (primary N) is 1. The summed E-state index contributed by atoms with van der Waals surface area (Å²) in [4.78, 5) is 16.8. The molecule has 2 rings (SSSR count). The molecule has 3 N–H and O–H groups in total. The molecule has 0 saturated heterocycles. The van der Waals surface area contributed by atoms with E-state index in [-0.39, 0.29) is 11.3 Å². The molecular weight excluding hydrogens is 304 g/mol. The predicted octanol–water partition coefficient (Wildman–Crippen LogP) is 2.79. The van der Waals surface area contributed by atoms with Crippen LogP contribution in [0.15, 0.2) is 28.8 Å². The monoisotopic (exact) mass is 330 g/mol. The molecule has 1 aromatic carbocycles. The van der Waals surface area contributed by atoms with Gasteiger partial charge in [0, 0.05) is 29.6 Å². The van der Waals surface area contributed by atoms with Crippen LogP contribution in [0.1, 0.15) is 50.9 Å². The van der Waals surface area contributed by atoms with E-state index >= 15 is 0 Å². The molecule has 1 amide bonds. The third-order valence-electron chi connectivity index (χ3n) is 3.49. The maximum absolute atomic E-state index is 12.4. The number of hydrogen-bond acceptors (Lipinski definition) is 5. The van der Waals surface area contributed by atoms with Gasteiger partial charge in [-0.2, -0.15) is 4.98 Å². The van der Waals surface area contributed by atoms with E-state index < -0.39 is 5.54 Å². The first kappa shape index (κ1) is 18.1. The van der Waals surface area contributed by atoms with Gasteiger partial charge in [0.2, 0.25) is 11.7 Å². The summed E-state index contributed by atoms with van der Waals surface area (Å²) >= 11 is 0. The molecule has 0 aliphatic heterocycles. The SMILES string of the molecule is CC(C)(C)Cc1nc(-c2cccc(C(=O)NC(C)(C)CN)c2)no1. The zero-order chi connectivity index (χ0) is 18.0. The van der Waals surface area contributed by atoms with Crippen LogP contribution in [0.3, 0.4) is 0 Å². The molecule has 0 aliphatic rings. The first-order chi connectivity index (χ1) is 11.1. The van der Waals surface area contributed by atoms with E-state index in [0.29, 0.717) is 30.2 Å². The van der Waals surface area contributed by atoms with Crippen molar-refractivity contribution in [1.82, 2.24) is 15.5 Å². The highest BCUT2D eigenvalue weighted by atomic mass is 16.5. The summed E-state index contributed by atoms with van der Waals surface area (Å²) in [6, 6.07) is 7.17. The molecule has 6 nitrogen and oxygen atoms in total. The average Bonchev–Trinajstić information content (AvgIpc) is 2.93. The van der Waals surface area contributed by atoms with Crippen LogP contribution in [0, 0.1) is 5.41 Å². The molecule has 1 heterocycles. The first-order valence-electron chi connectivity index (χ1n) is 8.05. The lowest BCUT2D eigenvalue weighted by Gasteiger charge is -2.24. The lowest BCUT2D eigenvalue weighted by molar-refractivity contribution is 0.0915. The summed E-state index contributed by atoms with van der Waals surface area (Å²) in [5.74, 6) is 0.907. The van der Waals surface area contributed by atoms with Gasteiger partial charge >= 0.3 is 0 Å². The van der Waals surface area contributed by atoms with Gasteiger partial charge in [-0.25, -0.2) is 0 Å². The normalized spacial score (nSPS) is 12.2. The van der Waals surface area contributed by atoms with Crippen molar-refractivity contribution in [2.75, 3.05) is 6.54 Å².